The second kappa shape index (κ2) is 9.70. The summed E-state index contributed by atoms with van der Waals surface area (Å²) >= 11 is 1.57. The highest BCUT2D eigenvalue weighted by Gasteiger charge is 2.30. The van der Waals surface area contributed by atoms with Gasteiger partial charge < -0.3 is 19.5 Å². The summed E-state index contributed by atoms with van der Waals surface area (Å²) in [4.78, 5) is 31.7. The zero-order valence-electron chi connectivity index (χ0n) is 20.7. The number of benzene rings is 2. The Morgan fingerprint density at radius 2 is 2.00 bits per heavy atom. The molecule has 0 unspecified atom stereocenters. The Balaban J connectivity index is 1.42. The van der Waals surface area contributed by atoms with Gasteiger partial charge in [0.15, 0.2) is 5.13 Å². The largest absolute Gasteiger partial charge is 0.497 e. The molecule has 1 aliphatic carbocycles. The van der Waals surface area contributed by atoms with Crippen molar-refractivity contribution in [2.45, 2.75) is 26.2 Å². The van der Waals surface area contributed by atoms with Crippen molar-refractivity contribution in [1.29, 1.82) is 0 Å². The zero-order valence-corrected chi connectivity index (χ0v) is 21.5. The molecule has 5 rings (SSSR count). The fourth-order valence-corrected chi connectivity index (χ4v) is 5.17. The molecule has 4 aromatic rings. The van der Waals surface area contributed by atoms with Gasteiger partial charge in [-0.15, -0.1) is 0 Å². The first-order chi connectivity index (χ1) is 16.9. The summed E-state index contributed by atoms with van der Waals surface area (Å²) in [5.41, 5.74) is 4.59. The van der Waals surface area contributed by atoms with Gasteiger partial charge in [-0.05, 0) is 43.4 Å². The number of hydrogen-bond donors (Lipinski definition) is 1. The van der Waals surface area contributed by atoms with Gasteiger partial charge in [0.2, 0.25) is 0 Å². The first-order valence-electron chi connectivity index (χ1n) is 12.0. The number of carbonyl (C=O) groups is 1. The van der Waals surface area contributed by atoms with Crippen LogP contribution in [0.15, 0.2) is 42.5 Å². The number of carbonyl (C=O) groups excluding carboxylic acids is 1. The van der Waals surface area contributed by atoms with Crippen LogP contribution in [0.3, 0.4) is 0 Å². The lowest BCUT2D eigenvalue weighted by Gasteiger charge is -2.22. The van der Waals surface area contributed by atoms with Crippen LogP contribution in [0.5, 0.6) is 5.75 Å². The van der Waals surface area contributed by atoms with Gasteiger partial charge in [-0.1, -0.05) is 41.2 Å². The van der Waals surface area contributed by atoms with Crippen molar-refractivity contribution in [1.82, 2.24) is 19.9 Å². The van der Waals surface area contributed by atoms with E-state index in [2.05, 4.69) is 30.1 Å². The number of amides is 1. The van der Waals surface area contributed by atoms with Gasteiger partial charge in [0.05, 0.1) is 23.0 Å². The number of ether oxygens (including phenoxy) is 1. The van der Waals surface area contributed by atoms with Gasteiger partial charge in [-0.3, -0.25) is 4.79 Å². The van der Waals surface area contributed by atoms with Crippen molar-refractivity contribution < 1.29 is 9.53 Å². The molecule has 0 radical (unpaired) electrons. The van der Waals surface area contributed by atoms with Gasteiger partial charge in [-0.25, -0.2) is 9.97 Å². The predicted molar refractivity (Wildman–Crippen MR) is 142 cm³/mol. The van der Waals surface area contributed by atoms with Crippen LogP contribution in [0.2, 0.25) is 0 Å². The zero-order chi connectivity index (χ0) is 24.5. The van der Waals surface area contributed by atoms with Crippen LogP contribution in [0, 0.1) is 12.8 Å². The smallest absolute Gasteiger partial charge is 0.274 e. The molecule has 1 aliphatic rings. The first kappa shape index (κ1) is 23.4. The molecule has 0 bridgehead atoms. The van der Waals surface area contributed by atoms with Crippen molar-refractivity contribution in [2.75, 3.05) is 39.2 Å². The third-order valence-corrected chi connectivity index (χ3v) is 7.57. The summed E-state index contributed by atoms with van der Waals surface area (Å²) in [7, 11) is 5.59. The number of aromatic amines is 1. The second-order valence-electron chi connectivity index (χ2n) is 9.45. The minimum atomic E-state index is -0.00413. The number of nitrogens with one attached hydrogen (secondary N) is 1. The van der Waals surface area contributed by atoms with Crippen molar-refractivity contribution in [2.24, 2.45) is 5.92 Å². The molecular weight excluding hydrogens is 458 g/mol. The number of rotatable bonds is 9. The number of nitrogens with zero attached hydrogens (tertiary/aromatic N) is 4. The molecule has 8 heteroatoms. The highest BCUT2D eigenvalue weighted by molar-refractivity contribution is 7.19. The number of aromatic nitrogens is 3. The number of aryl methyl sites for hydroxylation is 1. The summed E-state index contributed by atoms with van der Waals surface area (Å²) < 4.78 is 5.32. The number of fused-ring (bicyclic) bond motifs is 1. The Hall–Kier alpha value is -3.39. The lowest BCUT2D eigenvalue weighted by atomic mass is 10.1. The van der Waals surface area contributed by atoms with Crippen LogP contribution >= 0.6 is 11.3 Å². The first-order valence-corrected chi connectivity index (χ1v) is 12.8. The van der Waals surface area contributed by atoms with Gasteiger partial charge in [0.1, 0.15) is 17.3 Å². The van der Waals surface area contributed by atoms with Gasteiger partial charge in [0.25, 0.3) is 5.91 Å². The average Bonchev–Trinajstić information content (AvgIpc) is 3.39. The fraction of sp³-hybridized carbons (Fsp3) is 0.370. The molecular formula is C27H31N5O2S. The highest BCUT2D eigenvalue weighted by Crippen LogP contribution is 2.36. The predicted octanol–water partition coefficient (Wildman–Crippen LogP) is 5.16. The van der Waals surface area contributed by atoms with Crippen molar-refractivity contribution in [3.8, 4) is 16.2 Å². The van der Waals surface area contributed by atoms with E-state index in [4.69, 9.17) is 14.7 Å². The van der Waals surface area contributed by atoms with Crippen LogP contribution in [0.1, 0.15) is 34.7 Å². The van der Waals surface area contributed by atoms with Crippen molar-refractivity contribution in [3.05, 3.63) is 59.5 Å². The van der Waals surface area contributed by atoms with E-state index in [-0.39, 0.29) is 5.91 Å². The lowest BCUT2D eigenvalue weighted by Crippen LogP contribution is -2.35. The molecule has 0 spiro atoms. The minimum Gasteiger partial charge on any atom is -0.497 e. The van der Waals surface area contributed by atoms with Gasteiger partial charge >= 0.3 is 0 Å². The minimum absolute atomic E-state index is 0.00413. The standard InChI is InChI=1S/C27H31N5O2S/c1-17-6-5-7-19(14-17)25-24(30-27(35-25)31(2)3)26(33)32(16-18-8-9-18)13-12-23-28-21-11-10-20(34-4)15-22(21)29-23/h5-7,10-11,14-15,18H,8-9,12-13,16H2,1-4H3,(H,28,29). The van der Waals surface area contributed by atoms with Gasteiger partial charge in [0, 0.05) is 39.7 Å². The van der Waals surface area contributed by atoms with E-state index in [9.17, 15) is 4.79 Å². The maximum atomic E-state index is 13.9. The van der Waals surface area contributed by atoms with E-state index in [1.807, 2.05) is 48.2 Å². The average molecular weight is 490 g/mol. The Morgan fingerprint density at radius 1 is 1.17 bits per heavy atom. The number of imidazole rings is 1. The SMILES string of the molecule is COc1ccc2nc(CCN(CC3CC3)C(=O)c3nc(N(C)C)sc3-c3cccc(C)c3)[nH]c2c1. The monoisotopic (exact) mass is 489 g/mol. The summed E-state index contributed by atoms with van der Waals surface area (Å²) in [5, 5.41) is 0.836. The van der Waals surface area contributed by atoms with Crippen LogP contribution in [0.4, 0.5) is 5.13 Å². The van der Waals surface area contributed by atoms with Crippen LogP contribution in [-0.2, 0) is 6.42 Å². The summed E-state index contributed by atoms with van der Waals surface area (Å²) in [6, 6.07) is 14.1. The highest BCUT2D eigenvalue weighted by atomic mass is 32.1. The lowest BCUT2D eigenvalue weighted by molar-refractivity contribution is 0.0744. The summed E-state index contributed by atoms with van der Waals surface area (Å²) in [6.07, 6.45) is 3.01. The van der Waals surface area contributed by atoms with Crippen LogP contribution < -0.4 is 9.64 Å². The molecule has 2 aromatic carbocycles. The normalized spacial score (nSPS) is 13.3. The van der Waals surface area contributed by atoms with Gasteiger partial charge in [-0.2, -0.15) is 0 Å². The van der Waals surface area contributed by atoms with Crippen LogP contribution in [-0.4, -0.2) is 60.1 Å². The Kier molecular flexibility index (Phi) is 6.47. The molecule has 2 heterocycles. The van der Waals surface area contributed by atoms with E-state index in [0.717, 1.165) is 50.3 Å². The van der Waals surface area contributed by atoms with E-state index >= 15 is 0 Å². The topological polar surface area (TPSA) is 74.3 Å². The molecule has 1 amide bonds. The van der Waals surface area contributed by atoms with E-state index in [0.29, 0.717) is 24.6 Å². The number of thiazole rings is 1. The number of H-pyrrole nitrogens is 1. The third kappa shape index (κ3) is 5.17. The molecule has 0 saturated heterocycles. The Labute approximate surface area is 209 Å². The quantitative estimate of drug-likeness (QED) is 0.351. The maximum Gasteiger partial charge on any atom is 0.274 e. The molecule has 35 heavy (non-hydrogen) atoms. The molecule has 182 valence electrons. The third-order valence-electron chi connectivity index (χ3n) is 6.30. The van der Waals surface area contributed by atoms with E-state index in [1.165, 1.54) is 12.8 Å². The second-order valence-corrected chi connectivity index (χ2v) is 10.4. The molecule has 7 nitrogen and oxygen atoms in total. The summed E-state index contributed by atoms with van der Waals surface area (Å²) in [5.74, 6) is 2.24. The Bertz CT molecular complexity index is 1350. The Morgan fingerprint density at radius 3 is 2.71 bits per heavy atom. The summed E-state index contributed by atoms with van der Waals surface area (Å²) in [6.45, 7) is 3.42. The molecule has 1 fully saturated rings. The number of methoxy groups -OCH3 is 1. The molecule has 0 aliphatic heterocycles. The van der Waals surface area contributed by atoms with E-state index in [1.54, 1.807) is 18.4 Å². The molecule has 1 N–H and O–H groups in total. The number of anilines is 1. The van der Waals surface area contributed by atoms with Crippen LogP contribution in [0.25, 0.3) is 21.5 Å². The molecule has 2 aromatic heterocycles. The number of hydrogen-bond acceptors (Lipinski definition) is 6. The molecule has 0 atom stereocenters. The van der Waals surface area contributed by atoms with E-state index < -0.39 is 0 Å². The molecule has 1 saturated carbocycles. The fourth-order valence-electron chi connectivity index (χ4n) is 4.19. The maximum absolute atomic E-state index is 13.9. The van der Waals surface area contributed by atoms with Crippen molar-refractivity contribution in [3.63, 3.8) is 0 Å². The van der Waals surface area contributed by atoms with Crippen molar-refractivity contribution >= 4 is 33.4 Å².